The van der Waals surface area contributed by atoms with Gasteiger partial charge in [0.1, 0.15) is 0 Å². The van der Waals surface area contributed by atoms with Crippen LogP contribution in [-0.4, -0.2) is 32.1 Å². The van der Waals surface area contributed by atoms with Crippen LogP contribution in [0.1, 0.15) is 17.5 Å². The Labute approximate surface area is 87.3 Å². The van der Waals surface area contributed by atoms with E-state index in [1.54, 1.807) is 6.92 Å². The summed E-state index contributed by atoms with van der Waals surface area (Å²) in [5.41, 5.74) is -0.357. The quantitative estimate of drug-likeness (QED) is 0.721. The maximum Gasteiger partial charge on any atom is 0.374 e. The van der Waals surface area contributed by atoms with Crippen molar-refractivity contribution in [2.75, 3.05) is 6.61 Å². The number of carbonyl (C=O) groups is 1. The summed E-state index contributed by atoms with van der Waals surface area (Å²) in [5.74, 6) is -0.787. The molecule has 78 valence electrons. The van der Waals surface area contributed by atoms with E-state index in [1.807, 2.05) is 0 Å². The number of H-pyrrole nitrogens is 1. The van der Waals surface area contributed by atoms with Crippen molar-refractivity contribution in [3.63, 3.8) is 0 Å². The number of ether oxygens (including phenoxy) is 1. The van der Waals surface area contributed by atoms with Gasteiger partial charge in [-0.05, 0) is 6.92 Å². The third-order valence-electron chi connectivity index (χ3n) is 1.60. The van der Waals surface area contributed by atoms with E-state index in [1.165, 1.54) is 0 Å². The highest BCUT2D eigenvalue weighted by molar-refractivity contribution is 7.12. The second kappa shape index (κ2) is 3.73. The number of aromatic amines is 1. The highest BCUT2D eigenvalue weighted by atomic mass is 32.1. The second-order valence-corrected chi connectivity index (χ2v) is 3.29. The summed E-state index contributed by atoms with van der Waals surface area (Å²) in [7, 11) is 0. The normalized spacial score (nSPS) is 10.5. The van der Waals surface area contributed by atoms with Gasteiger partial charge in [0, 0.05) is 11.5 Å². The summed E-state index contributed by atoms with van der Waals surface area (Å²) in [6.07, 6.45) is 0. The molecular weight excluding hydrogens is 220 g/mol. The fraction of sp³-hybridized carbons (Fsp3) is 0.286. The van der Waals surface area contributed by atoms with Crippen molar-refractivity contribution in [1.29, 1.82) is 0 Å². The first-order valence-corrected chi connectivity index (χ1v) is 4.89. The van der Waals surface area contributed by atoms with Gasteiger partial charge in [-0.15, -0.1) is 5.10 Å². The first-order valence-electron chi connectivity index (χ1n) is 4.12. The predicted octanol–water partition coefficient (Wildman–Crippen LogP) is -0.0487. The second-order valence-electron chi connectivity index (χ2n) is 2.56. The maximum atomic E-state index is 11.4. The van der Waals surface area contributed by atoms with E-state index < -0.39 is 11.5 Å². The molecule has 2 aromatic rings. The molecule has 0 spiro atoms. The molecule has 0 saturated carbocycles. The summed E-state index contributed by atoms with van der Waals surface area (Å²) < 4.78 is 8.27. The van der Waals surface area contributed by atoms with Gasteiger partial charge in [0.2, 0.25) is 5.82 Å². The fourth-order valence-electron chi connectivity index (χ4n) is 0.994. The molecule has 0 atom stereocenters. The zero-order valence-electron chi connectivity index (χ0n) is 7.68. The van der Waals surface area contributed by atoms with Crippen LogP contribution in [0.4, 0.5) is 0 Å². The zero-order valence-corrected chi connectivity index (χ0v) is 8.50. The number of nitrogens with one attached hydrogen (secondary N) is 1. The Balaban J connectivity index is 2.54. The van der Waals surface area contributed by atoms with Gasteiger partial charge in [-0.3, -0.25) is 9.78 Å². The fourth-order valence-corrected chi connectivity index (χ4v) is 1.55. The van der Waals surface area contributed by atoms with E-state index in [-0.39, 0.29) is 17.9 Å². The van der Waals surface area contributed by atoms with Crippen molar-refractivity contribution in [3.05, 3.63) is 16.2 Å². The van der Waals surface area contributed by atoms with Gasteiger partial charge in [-0.2, -0.15) is 0 Å². The maximum absolute atomic E-state index is 11.4. The first kappa shape index (κ1) is 9.71. The SMILES string of the molecule is CCOC(=O)c1nc2snnc2c(=O)[nH]1. The number of fused-ring (bicyclic) bond motifs is 1. The highest BCUT2D eigenvalue weighted by Gasteiger charge is 2.13. The number of esters is 1. The van der Waals surface area contributed by atoms with Gasteiger partial charge in [-0.1, -0.05) is 4.49 Å². The lowest BCUT2D eigenvalue weighted by Crippen LogP contribution is -2.17. The number of nitrogens with zero attached hydrogens (tertiary/aromatic N) is 3. The van der Waals surface area contributed by atoms with Gasteiger partial charge >= 0.3 is 5.97 Å². The molecule has 2 heterocycles. The van der Waals surface area contributed by atoms with Crippen molar-refractivity contribution >= 4 is 27.8 Å². The van der Waals surface area contributed by atoms with Crippen molar-refractivity contribution in [3.8, 4) is 0 Å². The summed E-state index contributed by atoms with van der Waals surface area (Å²) in [6, 6.07) is 0. The van der Waals surface area contributed by atoms with Crippen LogP contribution >= 0.6 is 11.5 Å². The number of hydrogen-bond acceptors (Lipinski definition) is 7. The molecular formula is C7H6N4O3S. The van der Waals surface area contributed by atoms with Crippen LogP contribution in [0.25, 0.3) is 10.3 Å². The van der Waals surface area contributed by atoms with Gasteiger partial charge in [0.25, 0.3) is 5.56 Å². The molecule has 0 aromatic carbocycles. The lowest BCUT2D eigenvalue weighted by molar-refractivity contribution is 0.0512. The highest BCUT2D eigenvalue weighted by Crippen LogP contribution is 2.07. The molecule has 0 saturated heterocycles. The van der Waals surface area contributed by atoms with Crippen LogP contribution < -0.4 is 5.56 Å². The van der Waals surface area contributed by atoms with Crippen molar-refractivity contribution in [1.82, 2.24) is 19.6 Å². The van der Waals surface area contributed by atoms with Crippen LogP contribution in [0.3, 0.4) is 0 Å². The Morgan fingerprint density at radius 3 is 3.13 bits per heavy atom. The molecule has 2 rings (SSSR count). The summed E-state index contributed by atoms with van der Waals surface area (Å²) >= 11 is 0.951. The molecule has 2 aromatic heterocycles. The average Bonchev–Trinajstić information content (AvgIpc) is 2.66. The molecule has 0 bridgehead atoms. The van der Waals surface area contributed by atoms with Gasteiger partial charge < -0.3 is 4.74 Å². The minimum Gasteiger partial charge on any atom is -0.460 e. The van der Waals surface area contributed by atoms with Crippen LogP contribution in [0.2, 0.25) is 0 Å². The molecule has 0 aliphatic rings. The van der Waals surface area contributed by atoms with Crippen molar-refractivity contribution in [2.24, 2.45) is 0 Å². The van der Waals surface area contributed by atoms with Crippen LogP contribution in [0.15, 0.2) is 4.79 Å². The largest absolute Gasteiger partial charge is 0.460 e. The van der Waals surface area contributed by atoms with E-state index in [0.717, 1.165) is 11.5 Å². The van der Waals surface area contributed by atoms with E-state index in [9.17, 15) is 9.59 Å². The molecule has 1 N–H and O–H groups in total. The van der Waals surface area contributed by atoms with Gasteiger partial charge in [-0.25, -0.2) is 9.78 Å². The smallest absolute Gasteiger partial charge is 0.374 e. The molecule has 0 aliphatic heterocycles. The molecule has 0 fully saturated rings. The Morgan fingerprint density at radius 1 is 1.60 bits per heavy atom. The molecule has 7 nitrogen and oxygen atoms in total. The molecule has 0 aliphatic carbocycles. The van der Waals surface area contributed by atoms with E-state index in [0.29, 0.717) is 4.83 Å². The Kier molecular flexibility index (Phi) is 2.42. The minimum absolute atomic E-state index is 0.125. The third kappa shape index (κ3) is 1.71. The summed E-state index contributed by atoms with van der Waals surface area (Å²) in [6.45, 7) is 1.89. The van der Waals surface area contributed by atoms with Crippen molar-refractivity contribution < 1.29 is 9.53 Å². The average molecular weight is 226 g/mol. The van der Waals surface area contributed by atoms with E-state index >= 15 is 0 Å². The van der Waals surface area contributed by atoms with E-state index in [4.69, 9.17) is 4.74 Å². The number of aromatic nitrogens is 4. The molecule has 0 unspecified atom stereocenters. The predicted molar refractivity (Wildman–Crippen MR) is 51.8 cm³/mol. The Hall–Kier alpha value is -1.83. The topological polar surface area (TPSA) is 97.8 Å². The Bertz CT molecular complexity index is 561. The minimum atomic E-state index is -0.662. The summed E-state index contributed by atoms with van der Waals surface area (Å²) in [5, 5.41) is 3.57. The molecule has 8 heteroatoms. The Morgan fingerprint density at radius 2 is 2.40 bits per heavy atom. The zero-order chi connectivity index (χ0) is 10.8. The third-order valence-corrected chi connectivity index (χ3v) is 2.22. The summed E-state index contributed by atoms with van der Waals surface area (Å²) in [4.78, 5) is 29.1. The number of rotatable bonds is 2. The van der Waals surface area contributed by atoms with E-state index in [2.05, 4.69) is 19.6 Å². The monoisotopic (exact) mass is 226 g/mol. The number of hydrogen-bond donors (Lipinski definition) is 1. The standard InChI is InChI=1S/C7H6N4O3S/c1-2-14-7(13)4-8-5(12)3-6(9-4)15-11-10-3/h2H2,1H3,(H,8,9,12). The molecule has 15 heavy (non-hydrogen) atoms. The van der Waals surface area contributed by atoms with Crippen LogP contribution in [0.5, 0.6) is 0 Å². The van der Waals surface area contributed by atoms with Crippen LogP contribution in [0, 0.1) is 0 Å². The molecule has 0 amide bonds. The van der Waals surface area contributed by atoms with Gasteiger partial charge in [0.15, 0.2) is 10.3 Å². The number of carbonyl (C=O) groups excluding carboxylic acids is 1. The lowest BCUT2D eigenvalue weighted by atomic mass is 10.5. The lowest BCUT2D eigenvalue weighted by Gasteiger charge is -1.99. The van der Waals surface area contributed by atoms with Crippen molar-refractivity contribution in [2.45, 2.75) is 6.92 Å². The molecule has 0 radical (unpaired) electrons. The van der Waals surface area contributed by atoms with Crippen LogP contribution in [-0.2, 0) is 4.74 Å². The first-order chi connectivity index (χ1) is 7.22. The van der Waals surface area contributed by atoms with Gasteiger partial charge in [0.05, 0.1) is 6.61 Å².